The van der Waals surface area contributed by atoms with Gasteiger partial charge in [0, 0.05) is 30.4 Å². The molecule has 0 atom stereocenters. The maximum atomic E-state index is 3.54. The molecule has 0 spiro atoms. The van der Waals surface area contributed by atoms with Crippen LogP contribution >= 0.6 is 0 Å². The van der Waals surface area contributed by atoms with E-state index >= 15 is 0 Å². The summed E-state index contributed by atoms with van der Waals surface area (Å²) in [4.78, 5) is 2.54. The SMILES string of the molecule is CC(C)N(CC1CC1)c1ccc(CNC(C)(C)C)cc1. The van der Waals surface area contributed by atoms with Gasteiger partial charge in [-0.2, -0.15) is 0 Å². The molecule has 0 amide bonds. The first kappa shape index (κ1) is 15.4. The molecule has 1 saturated carbocycles. The van der Waals surface area contributed by atoms with Crippen molar-refractivity contribution >= 4 is 5.69 Å². The summed E-state index contributed by atoms with van der Waals surface area (Å²) in [6.45, 7) is 13.4. The number of nitrogens with zero attached hydrogens (tertiary/aromatic N) is 1. The van der Waals surface area contributed by atoms with Crippen molar-refractivity contribution in [2.45, 2.75) is 65.6 Å². The fraction of sp³-hybridized carbons (Fsp3) is 0.667. The van der Waals surface area contributed by atoms with E-state index in [-0.39, 0.29) is 5.54 Å². The van der Waals surface area contributed by atoms with Gasteiger partial charge in [-0.05, 0) is 71.1 Å². The summed E-state index contributed by atoms with van der Waals surface area (Å²) in [6.07, 6.45) is 2.83. The Bertz CT molecular complexity index is 410. The van der Waals surface area contributed by atoms with Gasteiger partial charge in [0.2, 0.25) is 0 Å². The predicted molar refractivity (Wildman–Crippen MR) is 88.2 cm³/mol. The Hall–Kier alpha value is -1.02. The van der Waals surface area contributed by atoms with E-state index in [2.05, 4.69) is 69.1 Å². The minimum Gasteiger partial charge on any atom is -0.369 e. The van der Waals surface area contributed by atoms with Gasteiger partial charge in [-0.25, -0.2) is 0 Å². The van der Waals surface area contributed by atoms with Crippen LogP contribution in [0.2, 0.25) is 0 Å². The molecule has 1 aliphatic rings. The topological polar surface area (TPSA) is 15.3 Å². The van der Waals surface area contributed by atoms with E-state index in [9.17, 15) is 0 Å². The molecule has 2 nitrogen and oxygen atoms in total. The van der Waals surface area contributed by atoms with Gasteiger partial charge in [0.1, 0.15) is 0 Å². The van der Waals surface area contributed by atoms with Gasteiger partial charge in [-0.1, -0.05) is 12.1 Å². The highest BCUT2D eigenvalue weighted by Crippen LogP contribution is 2.32. The molecule has 20 heavy (non-hydrogen) atoms. The third-order valence-corrected chi connectivity index (χ3v) is 3.87. The minimum absolute atomic E-state index is 0.175. The Labute approximate surface area is 124 Å². The predicted octanol–water partition coefficient (Wildman–Crippen LogP) is 4.20. The fourth-order valence-electron chi connectivity index (χ4n) is 2.37. The zero-order valence-corrected chi connectivity index (χ0v) is 13.7. The molecule has 0 aliphatic heterocycles. The van der Waals surface area contributed by atoms with Gasteiger partial charge >= 0.3 is 0 Å². The van der Waals surface area contributed by atoms with Crippen molar-refractivity contribution in [1.82, 2.24) is 5.32 Å². The third kappa shape index (κ3) is 4.82. The molecule has 1 aliphatic carbocycles. The van der Waals surface area contributed by atoms with E-state index in [1.165, 1.54) is 30.6 Å². The molecule has 0 unspecified atom stereocenters. The van der Waals surface area contributed by atoms with E-state index in [1.807, 2.05) is 0 Å². The van der Waals surface area contributed by atoms with E-state index in [1.54, 1.807) is 0 Å². The monoisotopic (exact) mass is 274 g/mol. The molecule has 0 saturated heterocycles. The fourth-order valence-corrected chi connectivity index (χ4v) is 2.37. The first-order valence-corrected chi connectivity index (χ1v) is 7.96. The van der Waals surface area contributed by atoms with Crippen molar-refractivity contribution in [2.75, 3.05) is 11.4 Å². The Kier molecular flexibility index (Phi) is 4.74. The van der Waals surface area contributed by atoms with E-state index in [0.29, 0.717) is 6.04 Å². The number of hydrogen-bond donors (Lipinski definition) is 1. The van der Waals surface area contributed by atoms with E-state index < -0.39 is 0 Å². The van der Waals surface area contributed by atoms with Crippen LogP contribution in [0.3, 0.4) is 0 Å². The summed E-state index contributed by atoms with van der Waals surface area (Å²) in [6, 6.07) is 9.66. The second-order valence-electron chi connectivity index (χ2n) is 7.46. The molecule has 0 radical (unpaired) electrons. The lowest BCUT2D eigenvalue weighted by Crippen LogP contribution is -2.35. The molecule has 112 valence electrons. The quantitative estimate of drug-likeness (QED) is 0.836. The Balaban J connectivity index is 1.98. The van der Waals surface area contributed by atoms with Gasteiger partial charge in [-0.15, -0.1) is 0 Å². The van der Waals surface area contributed by atoms with Crippen LogP contribution in [-0.4, -0.2) is 18.1 Å². The van der Waals surface area contributed by atoms with Crippen LogP contribution in [0.25, 0.3) is 0 Å². The molecular weight excluding hydrogens is 244 g/mol. The molecule has 0 aromatic heterocycles. The smallest absolute Gasteiger partial charge is 0.0368 e. The lowest BCUT2D eigenvalue weighted by molar-refractivity contribution is 0.424. The number of rotatable bonds is 6. The maximum Gasteiger partial charge on any atom is 0.0368 e. The Morgan fingerprint density at radius 3 is 2.20 bits per heavy atom. The number of nitrogens with one attached hydrogen (secondary N) is 1. The standard InChI is InChI=1S/C18H30N2/c1-14(2)20(13-16-6-7-16)17-10-8-15(9-11-17)12-19-18(3,4)5/h8-11,14,16,19H,6-7,12-13H2,1-5H3. The van der Waals surface area contributed by atoms with Crippen LogP contribution in [-0.2, 0) is 6.54 Å². The zero-order valence-electron chi connectivity index (χ0n) is 13.7. The van der Waals surface area contributed by atoms with Gasteiger partial charge in [0.15, 0.2) is 0 Å². The summed E-state index contributed by atoms with van der Waals surface area (Å²) in [5, 5.41) is 3.54. The first-order chi connectivity index (χ1) is 9.35. The highest BCUT2D eigenvalue weighted by atomic mass is 15.2. The molecule has 1 fully saturated rings. The second kappa shape index (κ2) is 6.17. The highest BCUT2D eigenvalue weighted by molar-refractivity contribution is 5.48. The third-order valence-electron chi connectivity index (χ3n) is 3.87. The second-order valence-corrected chi connectivity index (χ2v) is 7.46. The van der Waals surface area contributed by atoms with Gasteiger partial charge < -0.3 is 10.2 Å². The van der Waals surface area contributed by atoms with Gasteiger partial charge in [0.05, 0.1) is 0 Å². The van der Waals surface area contributed by atoms with Crippen LogP contribution in [0.15, 0.2) is 24.3 Å². The van der Waals surface area contributed by atoms with Gasteiger partial charge in [0.25, 0.3) is 0 Å². The van der Waals surface area contributed by atoms with Crippen molar-refractivity contribution in [3.8, 4) is 0 Å². The molecular formula is C18H30N2. The van der Waals surface area contributed by atoms with Crippen LogP contribution in [0.4, 0.5) is 5.69 Å². The van der Waals surface area contributed by atoms with Crippen LogP contribution in [0.1, 0.15) is 53.0 Å². The summed E-state index contributed by atoms with van der Waals surface area (Å²) in [7, 11) is 0. The van der Waals surface area contributed by atoms with Gasteiger partial charge in [-0.3, -0.25) is 0 Å². The lowest BCUT2D eigenvalue weighted by Gasteiger charge is -2.29. The molecule has 0 bridgehead atoms. The lowest BCUT2D eigenvalue weighted by atomic mass is 10.1. The zero-order chi connectivity index (χ0) is 14.8. The largest absolute Gasteiger partial charge is 0.369 e. The number of anilines is 1. The Morgan fingerprint density at radius 2 is 1.75 bits per heavy atom. The first-order valence-electron chi connectivity index (χ1n) is 7.96. The molecule has 2 rings (SSSR count). The van der Waals surface area contributed by atoms with Crippen LogP contribution < -0.4 is 10.2 Å². The Morgan fingerprint density at radius 1 is 1.15 bits per heavy atom. The number of hydrogen-bond acceptors (Lipinski definition) is 2. The minimum atomic E-state index is 0.175. The summed E-state index contributed by atoms with van der Waals surface area (Å²) in [5.41, 5.74) is 2.90. The summed E-state index contributed by atoms with van der Waals surface area (Å²) in [5.74, 6) is 0.930. The molecule has 2 heteroatoms. The average molecular weight is 274 g/mol. The number of benzene rings is 1. The van der Waals surface area contributed by atoms with Crippen molar-refractivity contribution in [2.24, 2.45) is 5.92 Å². The normalized spacial score (nSPS) is 15.7. The molecule has 0 heterocycles. The summed E-state index contributed by atoms with van der Waals surface area (Å²) < 4.78 is 0. The van der Waals surface area contributed by atoms with E-state index in [0.717, 1.165) is 12.5 Å². The molecule has 1 N–H and O–H groups in total. The van der Waals surface area contributed by atoms with Crippen molar-refractivity contribution in [3.63, 3.8) is 0 Å². The maximum absolute atomic E-state index is 3.54. The summed E-state index contributed by atoms with van der Waals surface area (Å²) >= 11 is 0. The van der Waals surface area contributed by atoms with Crippen molar-refractivity contribution in [3.05, 3.63) is 29.8 Å². The average Bonchev–Trinajstić information content (AvgIpc) is 3.17. The van der Waals surface area contributed by atoms with Crippen LogP contribution in [0, 0.1) is 5.92 Å². The van der Waals surface area contributed by atoms with Crippen LogP contribution in [0.5, 0.6) is 0 Å². The molecule has 1 aromatic carbocycles. The van der Waals surface area contributed by atoms with Crippen molar-refractivity contribution < 1.29 is 0 Å². The highest BCUT2D eigenvalue weighted by Gasteiger charge is 2.25. The van der Waals surface area contributed by atoms with Crippen molar-refractivity contribution in [1.29, 1.82) is 0 Å². The van der Waals surface area contributed by atoms with E-state index in [4.69, 9.17) is 0 Å². The molecule has 1 aromatic rings.